The van der Waals surface area contributed by atoms with Crippen molar-refractivity contribution in [2.24, 2.45) is 0 Å². The number of hydrogen-bond acceptors (Lipinski definition) is 3. The van der Waals surface area contributed by atoms with E-state index in [4.69, 9.17) is 0 Å². The molecule has 2 rings (SSSR count). The van der Waals surface area contributed by atoms with Gasteiger partial charge in [0.15, 0.2) is 0 Å². The van der Waals surface area contributed by atoms with E-state index in [0.29, 0.717) is 13.0 Å². The average molecular weight is 292 g/mol. The van der Waals surface area contributed by atoms with Crippen LogP contribution in [0.2, 0.25) is 0 Å². The van der Waals surface area contributed by atoms with Gasteiger partial charge < -0.3 is 10.2 Å². The number of carbonyl (C=O) groups excluding carboxylic acids is 2. The highest BCUT2D eigenvalue weighted by atomic mass is 16.2. The molecule has 0 bridgehead atoms. The van der Waals surface area contributed by atoms with Crippen LogP contribution in [0.4, 0.5) is 0 Å². The van der Waals surface area contributed by atoms with Crippen LogP contribution in [0.5, 0.6) is 0 Å². The van der Waals surface area contributed by atoms with Gasteiger partial charge in [-0.15, -0.1) is 0 Å². The number of aromatic nitrogens is 2. The molecule has 116 valence electrons. The number of carbonyl (C=O) groups is 2. The third kappa shape index (κ3) is 3.25. The quantitative estimate of drug-likeness (QED) is 0.894. The number of rotatable bonds is 5. The van der Waals surface area contributed by atoms with Gasteiger partial charge in [0, 0.05) is 12.2 Å². The van der Waals surface area contributed by atoms with E-state index < -0.39 is 6.04 Å². The summed E-state index contributed by atoms with van der Waals surface area (Å²) in [5.41, 5.74) is 0.819. The predicted molar refractivity (Wildman–Crippen MR) is 79.5 cm³/mol. The maximum atomic E-state index is 12.4. The highest BCUT2D eigenvalue weighted by molar-refractivity contribution is 5.96. The monoisotopic (exact) mass is 292 g/mol. The molecule has 0 aliphatic carbocycles. The fourth-order valence-electron chi connectivity index (χ4n) is 2.59. The lowest BCUT2D eigenvalue weighted by Gasteiger charge is -2.37. The van der Waals surface area contributed by atoms with E-state index in [1.165, 1.54) is 0 Å². The lowest BCUT2D eigenvalue weighted by molar-refractivity contribution is -0.149. The molecule has 2 heterocycles. The summed E-state index contributed by atoms with van der Waals surface area (Å²) < 4.78 is 1.86. The highest BCUT2D eigenvalue weighted by Crippen LogP contribution is 2.18. The molecule has 0 saturated carbocycles. The molecule has 21 heavy (non-hydrogen) atoms. The van der Waals surface area contributed by atoms with E-state index in [1.807, 2.05) is 23.9 Å². The van der Waals surface area contributed by atoms with Crippen molar-refractivity contribution in [2.75, 3.05) is 0 Å². The molecule has 0 aromatic carbocycles. The molecule has 1 N–H and O–H groups in total. The van der Waals surface area contributed by atoms with E-state index in [-0.39, 0.29) is 23.9 Å². The molecular weight excluding hydrogens is 268 g/mol. The largest absolute Gasteiger partial charge is 0.343 e. The molecule has 2 unspecified atom stereocenters. The Bertz CT molecular complexity index is 523. The van der Waals surface area contributed by atoms with Crippen LogP contribution in [-0.4, -0.2) is 38.6 Å². The zero-order chi connectivity index (χ0) is 15.6. The van der Waals surface area contributed by atoms with E-state index in [2.05, 4.69) is 24.3 Å². The normalized spacial score (nSPS) is 22.8. The van der Waals surface area contributed by atoms with Crippen LogP contribution in [0.3, 0.4) is 0 Å². The Labute approximate surface area is 125 Å². The zero-order valence-electron chi connectivity index (χ0n) is 13.2. The average Bonchev–Trinajstić information content (AvgIpc) is 2.89. The van der Waals surface area contributed by atoms with Gasteiger partial charge in [-0.05, 0) is 33.3 Å². The second-order valence-corrected chi connectivity index (χ2v) is 5.88. The summed E-state index contributed by atoms with van der Waals surface area (Å²) in [5, 5.41) is 7.22. The lowest BCUT2D eigenvalue weighted by atomic mass is 10.0. The minimum Gasteiger partial charge on any atom is -0.343 e. The molecule has 0 radical (unpaired) electrons. The number of piperazine rings is 1. The molecule has 1 aliphatic rings. The molecule has 2 atom stereocenters. The Morgan fingerprint density at radius 3 is 2.67 bits per heavy atom. The van der Waals surface area contributed by atoms with Gasteiger partial charge in [0.1, 0.15) is 12.1 Å². The lowest BCUT2D eigenvalue weighted by Crippen LogP contribution is -2.61. The molecule has 0 spiro atoms. The smallest absolute Gasteiger partial charge is 0.245 e. The Kier molecular flexibility index (Phi) is 4.65. The van der Waals surface area contributed by atoms with Crippen LogP contribution in [0, 0.1) is 0 Å². The summed E-state index contributed by atoms with van der Waals surface area (Å²) in [5.74, 6) is -0.0978. The van der Waals surface area contributed by atoms with Crippen LogP contribution >= 0.6 is 0 Å². The molecular formula is C15H24N4O2. The Hall–Kier alpha value is -1.85. The van der Waals surface area contributed by atoms with E-state index >= 15 is 0 Å². The van der Waals surface area contributed by atoms with Crippen LogP contribution in [0.15, 0.2) is 12.3 Å². The Balaban J connectivity index is 2.19. The summed E-state index contributed by atoms with van der Waals surface area (Å²) in [6, 6.07) is 1.35. The summed E-state index contributed by atoms with van der Waals surface area (Å²) in [6.07, 6.45) is 3.44. The Morgan fingerprint density at radius 1 is 1.38 bits per heavy atom. The first-order valence-corrected chi connectivity index (χ1v) is 7.59. The SMILES string of the molecule is CCCC1C(=O)NC(C)C(=O)N1Cc1ccn(C(C)C)n1. The minimum atomic E-state index is -0.460. The van der Waals surface area contributed by atoms with Crippen molar-refractivity contribution in [2.45, 2.75) is 65.2 Å². The molecule has 2 amide bonds. The van der Waals surface area contributed by atoms with Gasteiger partial charge in [0.25, 0.3) is 0 Å². The minimum absolute atomic E-state index is 0.0350. The molecule has 1 aromatic rings. The molecule has 1 saturated heterocycles. The van der Waals surface area contributed by atoms with Crippen molar-refractivity contribution in [1.29, 1.82) is 0 Å². The molecule has 1 fully saturated rings. The van der Waals surface area contributed by atoms with Gasteiger partial charge in [-0.2, -0.15) is 5.10 Å². The third-order valence-corrected chi connectivity index (χ3v) is 3.78. The van der Waals surface area contributed by atoms with Crippen LogP contribution in [-0.2, 0) is 16.1 Å². The first kappa shape index (κ1) is 15.5. The van der Waals surface area contributed by atoms with Crippen molar-refractivity contribution < 1.29 is 9.59 Å². The van der Waals surface area contributed by atoms with Crippen molar-refractivity contribution in [1.82, 2.24) is 20.0 Å². The molecule has 1 aliphatic heterocycles. The Morgan fingerprint density at radius 2 is 2.10 bits per heavy atom. The van der Waals surface area contributed by atoms with Gasteiger partial charge in [0.2, 0.25) is 11.8 Å². The van der Waals surface area contributed by atoms with E-state index in [1.54, 1.807) is 11.8 Å². The summed E-state index contributed by atoms with van der Waals surface area (Å²) in [4.78, 5) is 26.2. The van der Waals surface area contributed by atoms with Crippen LogP contribution in [0.1, 0.15) is 52.3 Å². The summed E-state index contributed by atoms with van der Waals surface area (Å²) in [6.45, 7) is 8.24. The van der Waals surface area contributed by atoms with Gasteiger partial charge in [0.05, 0.1) is 12.2 Å². The topological polar surface area (TPSA) is 67.2 Å². The van der Waals surface area contributed by atoms with Crippen LogP contribution < -0.4 is 5.32 Å². The number of nitrogens with zero attached hydrogens (tertiary/aromatic N) is 3. The second kappa shape index (κ2) is 6.28. The van der Waals surface area contributed by atoms with Crippen molar-refractivity contribution in [3.63, 3.8) is 0 Å². The first-order valence-electron chi connectivity index (χ1n) is 7.59. The first-order chi connectivity index (χ1) is 9.93. The second-order valence-electron chi connectivity index (χ2n) is 5.88. The fourth-order valence-corrected chi connectivity index (χ4v) is 2.59. The van der Waals surface area contributed by atoms with Gasteiger partial charge >= 0.3 is 0 Å². The third-order valence-electron chi connectivity index (χ3n) is 3.78. The maximum absolute atomic E-state index is 12.4. The van der Waals surface area contributed by atoms with Crippen molar-refractivity contribution >= 4 is 11.8 Å². The van der Waals surface area contributed by atoms with Gasteiger partial charge in [-0.3, -0.25) is 14.3 Å². The molecule has 1 aromatic heterocycles. The number of amides is 2. The standard InChI is InChI=1S/C15H24N4O2/c1-5-6-13-14(20)16-11(4)15(21)18(13)9-12-7-8-19(17-12)10(2)3/h7-8,10-11,13H,5-6,9H2,1-4H3,(H,16,20). The van der Waals surface area contributed by atoms with Gasteiger partial charge in [-0.1, -0.05) is 13.3 Å². The summed E-state index contributed by atoms with van der Waals surface area (Å²) >= 11 is 0. The number of nitrogens with one attached hydrogen (secondary N) is 1. The highest BCUT2D eigenvalue weighted by Gasteiger charge is 2.38. The van der Waals surface area contributed by atoms with Gasteiger partial charge in [-0.25, -0.2) is 0 Å². The van der Waals surface area contributed by atoms with Crippen molar-refractivity contribution in [3.8, 4) is 0 Å². The maximum Gasteiger partial charge on any atom is 0.245 e. The van der Waals surface area contributed by atoms with Crippen molar-refractivity contribution in [3.05, 3.63) is 18.0 Å². The van der Waals surface area contributed by atoms with E-state index in [9.17, 15) is 9.59 Å². The fraction of sp³-hybridized carbons (Fsp3) is 0.667. The predicted octanol–water partition coefficient (Wildman–Crippen LogP) is 1.48. The number of hydrogen-bond donors (Lipinski definition) is 1. The van der Waals surface area contributed by atoms with Crippen LogP contribution in [0.25, 0.3) is 0 Å². The zero-order valence-corrected chi connectivity index (χ0v) is 13.2. The van der Waals surface area contributed by atoms with E-state index in [0.717, 1.165) is 12.1 Å². The summed E-state index contributed by atoms with van der Waals surface area (Å²) in [7, 11) is 0. The molecule has 6 nitrogen and oxygen atoms in total. The molecule has 6 heteroatoms.